The van der Waals surface area contributed by atoms with E-state index in [1.165, 1.54) is 12.1 Å². The summed E-state index contributed by atoms with van der Waals surface area (Å²) in [4.78, 5) is 4.86. The highest BCUT2D eigenvalue weighted by molar-refractivity contribution is 7.91. The van der Waals surface area contributed by atoms with Crippen molar-refractivity contribution in [3.05, 3.63) is 23.9 Å². The van der Waals surface area contributed by atoms with Crippen LogP contribution in [0.15, 0.2) is 26.9 Å². The van der Waals surface area contributed by atoms with Crippen LogP contribution in [0.2, 0.25) is 0 Å². The van der Waals surface area contributed by atoms with Gasteiger partial charge in [0, 0.05) is 45.3 Å². The molecule has 0 atom stereocenters. The highest BCUT2D eigenvalue weighted by atomic mass is 32.2. The van der Waals surface area contributed by atoms with Crippen molar-refractivity contribution in [2.75, 3.05) is 45.8 Å². The first-order valence-electron chi connectivity index (χ1n) is 9.27. The summed E-state index contributed by atoms with van der Waals surface area (Å²) in [5, 5.41) is 2.99. The van der Waals surface area contributed by atoms with Crippen LogP contribution in [-0.4, -0.2) is 69.2 Å². The summed E-state index contributed by atoms with van der Waals surface area (Å²) in [6.07, 6.45) is -3.49. The second-order valence-corrected chi connectivity index (χ2v) is 9.85. The van der Waals surface area contributed by atoms with Gasteiger partial charge in [-0.1, -0.05) is 12.1 Å². The van der Waals surface area contributed by atoms with Crippen LogP contribution in [0.5, 0.6) is 0 Å². The van der Waals surface area contributed by atoms with E-state index in [2.05, 4.69) is 26.6 Å². The first-order chi connectivity index (χ1) is 13.7. The first-order valence-corrected chi connectivity index (χ1v) is 11.6. The molecular formula is C17H23F3N4O3S2. The highest BCUT2D eigenvalue weighted by Gasteiger charge is 2.35. The van der Waals surface area contributed by atoms with Crippen LogP contribution >= 0.6 is 11.3 Å². The smallest absolute Gasteiger partial charge is 0.355 e. The van der Waals surface area contributed by atoms with E-state index in [9.17, 15) is 21.6 Å². The molecule has 0 unspecified atom stereocenters. The standard InChI is InChI=1S/C17H23F3N4O3S2/c1-2-6-23-8-10-24(11-9-23)7-5-21-29(25,26)16-4-3-14(28-16)13-12-15(22-27-13)17(18,19)20/h3-4,12,21H,2,5-11H2,1H3. The summed E-state index contributed by atoms with van der Waals surface area (Å²) in [6, 6.07) is 3.52. The molecule has 0 spiro atoms. The van der Waals surface area contributed by atoms with Gasteiger partial charge in [-0.3, -0.25) is 4.90 Å². The Morgan fingerprint density at radius 1 is 1.17 bits per heavy atom. The van der Waals surface area contributed by atoms with E-state index in [0.29, 0.717) is 6.54 Å². The lowest BCUT2D eigenvalue weighted by Gasteiger charge is -2.34. The van der Waals surface area contributed by atoms with Crippen LogP contribution in [0.3, 0.4) is 0 Å². The predicted octanol–water partition coefficient (Wildman–Crippen LogP) is 2.73. The minimum atomic E-state index is -4.61. The molecule has 0 saturated carbocycles. The van der Waals surface area contributed by atoms with E-state index in [1.54, 1.807) is 0 Å². The number of sulfonamides is 1. The van der Waals surface area contributed by atoms with Crippen molar-refractivity contribution >= 4 is 21.4 Å². The molecule has 3 rings (SSSR count). The zero-order chi connectivity index (χ0) is 21.1. The molecular weight excluding hydrogens is 429 g/mol. The molecule has 3 heterocycles. The van der Waals surface area contributed by atoms with Gasteiger partial charge in [-0.25, -0.2) is 13.1 Å². The summed E-state index contributed by atoms with van der Waals surface area (Å²) >= 11 is 0.837. The summed E-state index contributed by atoms with van der Waals surface area (Å²) in [7, 11) is -3.74. The summed E-state index contributed by atoms with van der Waals surface area (Å²) in [5.41, 5.74) is -1.15. The molecule has 0 bridgehead atoms. The van der Waals surface area contributed by atoms with Crippen molar-refractivity contribution in [3.8, 4) is 10.6 Å². The Hall–Kier alpha value is -1.47. The molecule has 7 nitrogen and oxygen atoms in total. The quantitative estimate of drug-likeness (QED) is 0.664. The molecule has 162 valence electrons. The number of rotatable bonds is 8. The molecule has 0 radical (unpaired) electrons. The Balaban J connectivity index is 1.53. The van der Waals surface area contributed by atoms with Crippen molar-refractivity contribution in [2.24, 2.45) is 0 Å². The van der Waals surface area contributed by atoms with E-state index < -0.39 is 21.9 Å². The molecule has 0 aromatic carbocycles. The topological polar surface area (TPSA) is 78.7 Å². The van der Waals surface area contributed by atoms with Gasteiger partial charge in [0.05, 0.1) is 4.88 Å². The molecule has 1 aliphatic rings. The SMILES string of the molecule is CCCN1CCN(CCNS(=O)(=O)c2ccc(-c3cc(C(F)(F)F)no3)s2)CC1. The fourth-order valence-corrected chi connectivity index (χ4v) is 5.40. The van der Waals surface area contributed by atoms with E-state index in [-0.39, 0.29) is 21.4 Å². The van der Waals surface area contributed by atoms with E-state index >= 15 is 0 Å². The van der Waals surface area contributed by atoms with Gasteiger partial charge in [0.2, 0.25) is 10.0 Å². The van der Waals surface area contributed by atoms with Gasteiger partial charge in [-0.05, 0) is 25.1 Å². The lowest BCUT2D eigenvalue weighted by molar-refractivity contribution is -0.142. The maximum atomic E-state index is 12.6. The fourth-order valence-electron chi connectivity index (χ4n) is 3.08. The van der Waals surface area contributed by atoms with Crippen LogP contribution < -0.4 is 4.72 Å². The van der Waals surface area contributed by atoms with Gasteiger partial charge in [-0.15, -0.1) is 11.3 Å². The predicted molar refractivity (Wildman–Crippen MR) is 103 cm³/mol. The third-order valence-electron chi connectivity index (χ3n) is 4.61. The molecule has 2 aromatic heterocycles. The molecule has 12 heteroatoms. The van der Waals surface area contributed by atoms with Gasteiger partial charge in [0.15, 0.2) is 11.5 Å². The minimum absolute atomic E-state index is 0.0187. The molecule has 1 saturated heterocycles. The van der Waals surface area contributed by atoms with Crippen LogP contribution in [-0.2, 0) is 16.2 Å². The van der Waals surface area contributed by atoms with Gasteiger partial charge in [0.1, 0.15) is 4.21 Å². The monoisotopic (exact) mass is 452 g/mol. The van der Waals surface area contributed by atoms with E-state index in [0.717, 1.165) is 56.5 Å². The van der Waals surface area contributed by atoms with Crippen molar-refractivity contribution in [3.63, 3.8) is 0 Å². The Kier molecular flexibility index (Phi) is 6.99. The zero-order valence-electron chi connectivity index (χ0n) is 15.9. The Bertz CT molecular complexity index is 903. The molecule has 0 aliphatic carbocycles. The van der Waals surface area contributed by atoms with Gasteiger partial charge < -0.3 is 9.42 Å². The van der Waals surface area contributed by atoms with E-state index in [4.69, 9.17) is 4.52 Å². The maximum absolute atomic E-state index is 12.6. The Labute approximate surface area is 171 Å². The Morgan fingerprint density at radius 3 is 2.41 bits per heavy atom. The molecule has 1 aliphatic heterocycles. The molecule has 1 fully saturated rings. The molecule has 2 aromatic rings. The second-order valence-electron chi connectivity index (χ2n) is 6.77. The number of nitrogens with one attached hydrogen (secondary N) is 1. The second kappa shape index (κ2) is 9.13. The average Bonchev–Trinajstić information content (AvgIpc) is 3.33. The number of nitrogens with zero attached hydrogens (tertiary/aromatic N) is 3. The van der Waals surface area contributed by atoms with Crippen molar-refractivity contribution in [1.82, 2.24) is 19.7 Å². The third kappa shape index (κ3) is 5.79. The van der Waals surface area contributed by atoms with Crippen LogP contribution in [0.1, 0.15) is 19.0 Å². The first kappa shape index (κ1) is 22.2. The number of alkyl halides is 3. The van der Waals surface area contributed by atoms with Crippen molar-refractivity contribution in [1.29, 1.82) is 0 Å². The van der Waals surface area contributed by atoms with Gasteiger partial charge in [0.25, 0.3) is 0 Å². The van der Waals surface area contributed by atoms with Gasteiger partial charge >= 0.3 is 6.18 Å². The van der Waals surface area contributed by atoms with Crippen molar-refractivity contribution < 1.29 is 26.1 Å². The summed E-state index contributed by atoms with van der Waals surface area (Å²) in [5.74, 6) is -0.117. The number of hydrogen-bond donors (Lipinski definition) is 1. The zero-order valence-corrected chi connectivity index (χ0v) is 17.5. The number of aromatic nitrogens is 1. The minimum Gasteiger partial charge on any atom is -0.355 e. The number of halogens is 3. The van der Waals surface area contributed by atoms with Crippen LogP contribution in [0.4, 0.5) is 13.2 Å². The Morgan fingerprint density at radius 2 is 1.83 bits per heavy atom. The average molecular weight is 453 g/mol. The fraction of sp³-hybridized carbons (Fsp3) is 0.588. The molecule has 1 N–H and O–H groups in total. The normalized spacial score (nSPS) is 17.1. The van der Waals surface area contributed by atoms with Gasteiger partial charge in [-0.2, -0.15) is 13.2 Å². The number of thiophene rings is 1. The highest BCUT2D eigenvalue weighted by Crippen LogP contribution is 2.35. The lowest BCUT2D eigenvalue weighted by Crippen LogP contribution is -2.48. The largest absolute Gasteiger partial charge is 0.436 e. The molecule has 0 amide bonds. The van der Waals surface area contributed by atoms with Crippen molar-refractivity contribution in [2.45, 2.75) is 23.7 Å². The molecule has 29 heavy (non-hydrogen) atoms. The lowest BCUT2D eigenvalue weighted by atomic mass is 10.3. The number of hydrogen-bond acceptors (Lipinski definition) is 7. The summed E-state index contributed by atoms with van der Waals surface area (Å²) < 4.78 is 70.1. The maximum Gasteiger partial charge on any atom is 0.436 e. The summed E-state index contributed by atoms with van der Waals surface area (Å²) in [6.45, 7) is 7.86. The number of piperazine rings is 1. The van der Waals surface area contributed by atoms with Crippen LogP contribution in [0, 0.1) is 0 Å². The van der Waals surface area contributed by atoms with Crippen LogP contribution in [0.25, 0.3) is 10.6 Å². The van der Waals surface area contributed by atoms with E-state index in [1.807, 2.05) is 0 Å². The third-order valence-corrected chi connectivity index (χ3v) is 7.67.